The fraction of sp³-hybridized carbons (Fsp3) is 0.833. The van der Waals surface area contributed by atoms with E-state index in [1.165, 1.54) is 0 Å². The average Bonchev–Trinajstić information content (AvgIpc) is 2.30. The topological polar surface area (TPSA) is 87.0 Å². The molecule has 0 aromatic heterocycles. The summed E-state index contributed by atoms with van der Waals surface area (Å²) in [5, 5.41) is 26.7. The van der Waals surface area contributed by atoms with Crippen molar-refractivity contribution in [2.45, 2.75) is 24.4 Å². The fourth-order valence-corrected chi connectivity index (χ4v) is 1.04. The molecule has 4 atom stereocenters. The highest BCUT2D eigenvalue weighted by Gasteiger charge is 2.41. The van der Waals surface area contributed by atoms with E-state index >= 15 is 0 Å². The van der Waals surface area contributed by atoms with Gasteiger partial charge in [0, 0.05) is 0 Å². The van der Waals surface area contributed by atoms with Crippen molar-refractivity contribution in [1.29, 1.82) is 0 Å². The maximum atomic E-state index is 10.1. The van der Waals surface area contributed by atoms with E-state index in [2.05, 4.69) is 0 Å². The quantitative estimate of drug-likeness (QED) is 0.396. The maximum Gasteiger partial charge on any atom is 0.151 e. The molecule has 1 heterocycles. The molecule has 11 heavy (non-hydrogen) atoms. The van der Waals surface area contributed by atoms with Crippen LogP contribution in [-0.2, 0) is 9.53 Å². The Hall–Kier alpha value is -0.490. The number of ether oxygens (including phenoxy) is 1. The summed E-state index contributed by atoms with van der Waals surface area (Å²) in [5.41, 5.74) is 0. The van der Waals surface area contributed by atoms with Crippen LogP contribution in [0.25, 0.3) is 0 Å². The van der Waals surface area contributed by atoms with Crippen molar-refractivity contribution in [3.63, 3.8) is 0 Å². The SMILES string of the molecule is O=CC1OC(CO)C(O)C1O. The first kappa shape index (κ1) is 8.61. The molecule has 1 fully saturated rings. The summed E-state index contributed by atoms with van der Waals surface area (Å²) in [6, 6.07) is 0. The number of carbonyl (C=O) groups is 1. The Balaban J connectivity index is 2.60. The number of hydrogen-bond acceptors (Lipinski definition) is 5. The van der Waals surface area contributed by atoms with Crippen molar-refractivity contribution in [3.8, 4) is 0 Å². The van der Waals surface area contributed by atoms with Gasteiger partial charge in [0.05, 0.1) is 6.61 Å². The summed E-state index contributed by atoms with van der Waals surface area (Å²) in [7, 11) is 0. The summed E-state index contributed by atoms with van der Waals surface area (Å²) in [6.07, 6.45) is -3.84. The summed E-state index contributed by atoms with van der Waals surface area (Å²) < 4.78 is 4.77. The molecule has 0 aromatic carbocycles. The van der Waals surface area contributed by atoms with E-state index in [1.54, 1.807) is 0 Å². The Morgan fingerprint density at radius 1 is 1.36 bits per heavy atom. The molecule has 5 heteroatoms. The zero-order chi connectivity index (χ0) is 8.43. The Labute approximate surface area is 63.2 Å². The number of aliphatic hydroxyl groups is 3. The zero-order valence-corrected chi connectivity index (χ0v) is 5.75. The zero-order valence-electron chi connectivity index (χ0n) is 5.75. The monoisotopic (exact) mass is 162 g/mol. The molecule has 0 saturated carbocycles. The van der Waals surface area contributed by atoms with Gasteiger partial charge < -0.3 is 24.9 Å². The Bertz CT molecular complexity index is 148. The van der Waals surface area contributed by atoms with Crippen LogP contribution in [0.15, 0.2) is 0 Å². The number of rotatable bonds is 2. The molecule has 3 N–H and O–H groups in total. The molecule has 0 aliphatic carbocycles. The van der Waals surface area contributed by atoms with Crippen molar-refractivity contribution < 1.29 is 24.9 Å². The number of aliphatic hydroxyl groups excluding tert-OH is 3. The van der Waals surface area contributed by atoms with Crippen LogP contribution >= 0.6 is 0 Å². The third-order valence-corrected chi connectivity index (χ3v) is 1.71. The average molecular weight is 162 g/mol. The molecule has 0 bridgehead atoms. The maximum absolute atomic E-state index is 10.1. The highest BCUT2D eigenvalue weighted by atomic mass is 16.6. The molecule has 0 spiro atoms. The normalized spacial score (nSPS) is 44.3. The number of aldehydes is 1. The standard InChI is InChI=1S/C6H10O5/c7-1-3-5(9)6(10)4(2-8)11-3/h1,3-6,8-10H,2H2. The summed E-state index contributed by atoms with van der Waals surface area (Å²) in [5.74, 6) is 0. The van der Waals surface area contributed by atoms with Crippen molar-refractivity contribution in [2.75, 3.05) is 6.61 Å². The highest BCUT2D eigenvalue weighted by molar-refractivity contribution is 5.58. The predicted molar refractivity (Wildman–Crippen MR) is 33.8 cm³/mol. The molecule has 1 rings (SSSR count). The fourth-order valence-electron chi connectivity index (χ4n) is 1.04. The summed E-state index contributed by atoms with van der Waals surface area (Å²) >= 11 is 0. The van der Waals surface area contributed by atoms with Gasteiger partial charge >= 0.3 is 0 Å². The van der Waals surface area contributed by atoms with Gasteiger partial charge in [-0.3, -0.25) is 0 Å². The first-order valence-electron chi connectivity index (χ1n) is 3.28. The second kappa shape index (κ2) is 3.27. The van der Waals surface area contributed by atoms with Gasteiger partial charge in [-0.2, -0.15) is 0 Å². The number of hydrogen-bond donors (Lipinski definition) is 3. The minimum atomic E-state index is -1.22. The summed E-state index contributed by atoms with van der Waals surface area (Å²) in [6.45, 7) is -0.400. The van der Waals surface area contributed by atoms with E-state index in [1.807, 2.05) is 0 Å². The van der Waals surface area contributed by atoms with Gasteiger partial charge in [-0.1, -0.05) is 0 Å². The molecule has 64 valence electrons. The van der Waals surface area contributed by atoms with Crippen LogP contribution in [0, 0.1) is 0 Å². The van der Waals surface area contributed by atoms with Gasteiger partial charge in [-0.25, -0.2) is 0 Å². The lowest BCUT2D eigenvalue weighted by molar-refractivity contribution is -0.121. The second-order valence-electron chi connectivity index (χ2n) is 2.44. The van der Waals surface area contributed by atoms with Gasteiger partial charge in [-0.05, 0) is 0 Å². The molecule has 0 radical (unpaired) electrons. The van der Waals surface area contributed by atoms with Crippen molar-refractivity contribution in [3.05, 3.63) is 0 Å². The molecule has 0 amide bonds. The molecule has 1 aliphatic rings. The first-order valence-corrected chi connectivity index (χ1v) is 3.28. The van der Waals surface area contributed by atoms with Gasteiger partial charge in [0.15, 0.2) is 6.29 Å². The van der Waals surface area contributed by atoms with Crippen molar-refractivity contribution in [2.24, 2.45) is 0 Å². The third kappa shape index (κ3) is 1.41. The van der Waals surface area contributed by atoms with E-state index < -0.39 is 31.0 Å². The second-order valence-corrected chi connectivity index (χ2v) is 2.44. The Kier molecular flexibility index (Phi) is 2.56. The van der Waals surface area contributed by atoms with Crippen LogP contribution in [0.2, 0.25) is 0 Å². The third-order valence-electron chi connectivity index (χ3n) is 1.71. The van der Waals surface area contributed by atoms with E-state index in [9.17, 15) is 4.79 Å². The van der Waals surface area contributed by atoms with Crippen LogP contribution in [0.5, 0.6) is 0 Å². The van der Waals surface area contributed by atoms with Crippen LogP contribution in [-0.4, -0.2) is 52.6 Å². The lowest BCUT2D eigenvalue weighted by atomic mass is 10.1. The lowest BCUT2D eigenvalue weighted by Crippen LogP contribution is -2.34. The van der Waals surface area contributed by atoms with E-state index in [-0.39, 0.29) is 0 Å². The smallest absolute Gasteiger partial charge is 0.151 e. The van der Waals surface area contributed by atoms with Gasteiger partial charge in [-0.15, -0.1) is 0 Å². The van der Waals surface area contributed by atoms with Gasteiger partial charge in [0.2, 0.25) is 0 Å². The molecule has 1 aliphatic heterocycles. The van der Waals surface area contributed by atoms with Crippen molar-refractivity contribution in [1.82, 2.24) is 0 Å². The Morgan fingerprint density at radius 2 is 2.00 bits per heavy atom. The van der Waals surface area contributed by atoms with E-state index in [0.29, 0.717) is 6.29 Å². The first-order chi connectivity index (χ1) is 5.20. The van der Waals surface area contributed by atoms with Crippen LogP contribution < -0.4 is 0 Å². The lowest BCUT2D eigenvalue weighted by Gasteiger charge is -2.10. The molecular weight excluding hydrogens is 152 g/mol. The minimum absolute atomic E-state index is 0.400. The van der Waals surface area contributed by atoms with E-state index in [4.69, 9.17) is 20.1 Å². The van der Waals surface area contributed by atoms with Crippen LogP contribution in [0.4, 0.5) is 0 Å². The largest absolute Gasteiger partial charge is 0.394 e. The van der Waals surface area contributed by atoms with Crippen molar-refractivity contribution >= 4 is 6.29 Å². The Morgan fingerprint density at radius 3 is 2.27 bits per heavy atom. The molecule has 1 saturated heterocycles. The van der Waals surface area contributed by atoms with Gasteiger partial charge in [0.25, 0.3) is 0 Å². The van der Waals surface area contributed by atoms with Gasteiger partial charge in [0.1, 0.15) is 24.4 Å². The predicted octanol–water partition coefficient (Wildman–Crippen LogP) is -2.33. The molecule has 0 aromatic rings. The molecule has 5 nitrogen and oxygen atoms in total. The molecular formula is C6H10O5. The van der Waals surface area contributed by atoms with Crippen LogP contribution in [0.3, 0.4) is 0 Å². The van der Waals surface area contributed by atoms with Crippen LogP contribution in [0.1, 0.15) is 0 Å². The number of carbonyl (C=O) groups excluding carboxylic acids is 1. The highest BCUT2D eigenvalue weighted by Crippen LogP contribution is 2.19. The molecule has 4 unspecified atom stereocenters. The van der Waals surface area contributed by atoms with E-state index in [0.717, 1.165) is 0 Å². The minimum Gasteiger partial charge on any atom is -0.394 e. The summed E-state index contributed by atoms with van der Waals surface area (Å²) in [4.78, 5) is 10.1.